The van der Waals surface area contributed by atoms with E-state index in [1.807, 2.05) is 0 Å². The van der Waals surface area contributed by atoms with E-state index in [1.54, 1.807) is 30.3 Å². The molecule has 11 nitrogen and oxygen atoms in total. The summed E-state index contributed by atoms with van der Waals surface area (Å²) in [7, 11) is -4.75. The van der Waals surface area contributed by atoms with Gasteiger partial charge in [0, 0.05) is 31.3 Å². The normalized spacial score (nSPS) is 12.4. The fraction of sp³-hybridized carbons (Fsp3) is 0.400. The first-order chi connectivity index (χ1) is 13.5. The minimum absolute atomic E-state index is 0.214. The van der Waals surface area contributed by atoms with Gasteiger partial charge in [-0.15, -0.1) is 11.3 Å². The van der Waals surface area contributed by atoms with Crippen molar-refractivity contribution in [2.75, 3.05) is 42.9 Å². The van der Waals surface area contributed by atoms with E-state index >= 15 is 0 Å². The molecule has 3 N–H and O–H groups in total. The van der Waals surface area contributed by atoms with Gasteiger partial charge in [0.25, 0.3) is 0 Å². The van der Waals surface area contributed by atoms with Crippen molar-refractivity contribution in [3.63, 3.8) is 0 Å². The molecule has 14 heteroatoms. The Morgan fingerprint density at radius 1 is 1.17 bits per heavy atom. The number of likely N-dealkylation sites (N-methyl/N-ethyl adjacent to an activating group) is 1. The Hall–Kier alpha value is -2.29. The maximum Gasteiger partial charge on any atom is 0.229 e. The van der Waals surface area contributed by atoms with Gasteiger partial charge in [-0.2, -0.15) is 15.1 Å². The van der Waals surface area contributed by atoms with Gasteiger partial charge in [0.2, 0.25) is 16.0 Å². The molecule has 0 fully saturated rings. The van der Waals surface area contributed by atoms with Crippen molar-refractivity contribution in [3.8, 4) is 0 Å². The highest BCUT2D eigenvalue weighted by molar-refractivity contribution is 7.92. The Labute approximate surface area is 172 Å². The average Bonchev–Trinajstić information content (AvgIpc) is 3.27. The summed E-state index contributed by atoms with van der Waals surface area (Å²) >= 11 is 1.20. The lowest BCUT2D eigenvalue weighted by Gasteiger charge is -2.18. The molecule has 29 heavy (non-hydrogen) atoms. The van der Waals surface area contributed by atoms with Crippen molar-refractivity contribution in [1.29, 1.82) is 0 Å². The van der Waals surface area contributed by atoms with Gasteiger partial charge in [0.15, 0.2) is 15.5 Å². The van der Waals surface area contributed by atoms with Crippen LogP contribution in [0.4, 0.5) is 11.8 Å². The molecule has 0 spiro atoms. The number of thiophene rings is 1. The fourth-order valence-corrected chi connectivity index (χ4v) is 4.83. The number of hydrogen-bond donors (Lipinski definition) is 3. The molecule has 3 rings (SSSR count). The lowest BCUT2D eigenvalue weighted by atomic mass is 10.3. The van der Waals surface area contributed by atoms with Crippen molar-refractivity contribution in [2.45, 2.75) is 10.8 Å². The molecule has 0 unspecified atom stereocenters. The summed E-state index contributed by atoms with van der Waals surface area (Å²) in [6.45, 7) is 0.969. The number of nitrogens with zero attached hydrogens (tertiary/aromatic N) is 4. The maximum atomic E-state index is 11.6. The number of hydrogen-bond acceptors (Lipinski definition) is 10. The average molecular weight is 460 g/mol. The summed E-state index contributed by atoms with van der Waals surface area (Å²) in [4.78, 5) is 11.5. The third-order valence-electron chi connectivity index (χ3n) is 3.88. The van der Waals surface area contributed by atoms with Crippen LogP contribution in [0.15, 0.2) is 22.5 Å². The van der Waals surface area contributed by atoms with Crippen LogP contribution < -0.4 is 14.9 Å². The van der Waals surface area contributed by atoms with Crippen LogP contribution in [0.25, 0.3) is 11.0 Å². The van der Waals surface area contributed by atoms with E-state index in [4.69, 9.17) is 0 Å². The first-order valence-electron chi connectivity index (χ1n) is 8.42. The summed E-state index contributed by atoms with van der Waals surface area (Å²) in [6, 6.07) is 3.34. The first-order valence-corrected chi connectivity index (χ1v) is 13.0. The van der Waals surface area contributed by atoms with E-state index in [2.05, 4.69) is 30.2 Å². The molecule has 0 aliphatic carbocycles. The van der Waals surface area contributed by atoms with E-state index in [-0.39, 0.29) is 6.54 Å². The molecule has 158 valence electrons. The number of nitrogens with one attached hydrogen (secondary N) is 3. The fourth-order valence-electron chi connectivity index (χ4n) is 2.45. The monoisotopic (exact) mass is 459 g/mol. The van der Waals surface area contributed by atoms with Crippen LogP contribution in [0, 0.1) is 0 Å². The number of fused-ring (bicyclic) bond motifs is 1. The zero-order chi connectivity index (χ0) is 21.2. The minimum Gasteiger partial charge on any atom is -0.364 e. The van der Waals surface area contributed by atoms with Crippen LogP contribution in [-0.2, 0) is 26.4 Å². The highest BCUT2D eigenvalue weighted by atomic mass is 32.2. The number of aromatic nitrogens is 4. The molecule has 0 saturated carbocycles. The zero-order valence-corrected chi connectivity index (χ0v) is 18.4. The Bertz CT molecular complexity index is 1220. The lowest BCUT2D eigenvalue weighted by molar-refractivity contribution is 0.587. The SMILES string of the molecule is CN(CCNS(C)(=O)=O)c1nc(NCc2ccc(S(C)(=O)=O)s2)c2cn[nH]c2n1. The summed E-state index contributed by atoms with van der Waals surface area (Å²) in [5, 5.41) is 10.7. The second kappa shape index (κ2) is 8.22. The molecule has 0 saturated heterocycles. The summed E-state index contributed by atoms with van der Waals surface area (Å²) < 4.78 is 48.4. The minimum atomic E-state index is -3.27. The molecule has 0 amide bonds. The number of anilines is 2. The smallest absolute Gasteiger partial charge is 0.229 e. The molecule has 0 bridgehead atoms. The largest absolute Gasteiger partial charge is 0.364 e. The molecule has 0 radical (unpaired) electrons. The second-order valence-electron chi connectivity index (χ2n) is 6.44. The number of rotatable bonds is 9. The van der Waals surface area contributed by atoms with Crippen LogP contribution in [0.1, 0.15) is 4.88 Å². The predicted molar refractivity (Wildman–Crippen MR) is 113 cm³/mol. The van der Waals surface area contributed by atoms with Crippen molar-refractivity contribution in [3.05, 3.63) is 23.2 Å². The molecular formula is C15H21N7O4S3. The molecule has 3 heterocycles. The van der Waals surface area contributed by atoms with Crippen LogP contribution >= 0.6 is 11.3 Å². The number of H-pyrrole nitrogens is 1. The van der Waals surface area contributed by atoms with Gasteiger partial charge in [0.05, 0.1) is 24.4 Å². The van der Waals surface area contributed by atoms with Gasteiger partial charge >= 0.3 is 0 Å². The molecule has 0 atom stereocenters. The van der Waals surface area contributed by atoms with E-state index in [0.29, 0.717) is 40.1 Å². The second-order valence-corrected chi connectivity index (χ2v) is 11.7. The van der Waals surface area contributed by atoms with Crippen LogP contribution in [0.5, 0.6) is 0 Å². The van der Waals surface area contributed by atoms with E-state index in [0.717, 1.165) is 11.1 Å². The summed E-state index contributed by atoms with van der Waals surface area (Å²) in [5.41, 5.74) is 0.531. The molecule has 0 aliphatic heterocycles. The van der Waals surface area contributed by atoms with Gasteiger partial charge in [-0.25, -0.2) is 21.6 Å². The van der Waals surface area contributed by atoms with Gasteiger partial charge in [-0.3, -0.25) is 5.10 Å². The number of sulfonamides is 1. The Morgan fingerprint density at radius 2 is 1.93 bits per heavy atom. The van der Waals surface area contributed by atoms with Gasteiger partial charge < -0.3 is 10.2 Å². The number of sulfone groups is 1. The van der Waals surface area contributed by atoms with E-state index < -0.39 is 19.9 Å². The molecular weight excluding hydrogens is 438 g/mol. The molecule has 3 aromatic heterocycles. The van der Waals surface area contributed by atoms with Crippen molar-refractivity contribution in [2.24, 2.45) is 0 Å². The number of aromatic amines is 1. The maximum absolute atomic E-state index is 11.6. The topological polar surface area (TPSA) is 150 Å². The zero-order valence-electron chi connectivity index (χ0n) is 16.0. The first kappa shape index (κ1) is 21.4. The lowest BCUT2D eigenvalue weighted by Crippen LogP contribution is -2.33. The quantitative estimate of drug-likeness (QED) is 0.413. The van der Waals surface area contributed by atoms with Crippen molar-refractivity contribution in [1.82, 2.24) is 24.9 Å². The highest BCUT2D eigenvalue weighted by Crippen LogP contribution is 2.25. The Balaban J connectivity index is 1.77. The third kappa shape index (κ3) is 5.62. The van der Waals surface area contributed by atoms with Crippen molar-refractivity contribution < 1.29 is 16.8 Å². The Kier molecular flexibility index (Phi) is 6.07. The van der Waals surface area contributed by atoms with Crippen LogP contribution in [0.2, 0.25) is 0 Å². The van der Waals surface area contributed by atoms with Gasteiger partial charge in [-0.1, -0.05) is 0 Å². The van der Waals surface area contributed by atoms with Gasteiger partial charge in [-0.05, 0) is 12.1 Å². The molecule has 0 aliphatic rings. The highest BCUT2D eigenvalue weighted by Gasteiger charge is 2.14. The summed E-state index contributed by atoms with van der Waals surface area (Å²) in [6.07, 6.45) is 3.88. The van der Waals surface area contributed by atoms with E-state index in [9.17, 15) is 16.8 Å². The van der Waals surface area contributed by atoms with Crippen LogP contribution in [-0.4, -0.2) is 69.6 Å². The Morgan fingerprint density at radius 3 is 2.59 bits per heavy atom. The molecule has 0 aromatic carbocycles. The van der Waals surface area contributed by atoms with Crippen molar-refractivity contribution >= 4 is 54.0 Å². The predicted octanol–water partition coefficient (Wildman–Crippen LogP) is 0.415. The van der Waals surface area contributed by atoms with Gasteiger partial charge in [0.1, 0.15) is 10.0 Å². The van der Waals surface area contributed by atoms with E-state index in [1.165, 1.54) is 17.6 Å². The standard InChI is InChI=1S/C15H21N7O4S3/c1-22(7-6-18-29(3,25)26)15-19-13(11-9-17-21-14(11)20-15)16-8-10-4-5-12(27-10)28(2,23)24/h4-5,9,18H,6-8H2,1-3H3,(H2,16,17,19,20,21). The summed E-state index contributed by atoms with van der Waals surface area (Å²) in [5.74, 6) is 0.929. The van der Waals surface area contributed by atoms with Crippen LogP contribution in [0.3, 0.4) is 0 Å². The molecule has 3 aromatic rings. The third-order valence-corrected chi connectivity index (χ3v) is 7.52.